The van der Waals surface area contributed by atoms with Gasteiger partial charge in [0.1, 0.15) is 11.6 Å². The molecule has 2 N–H and O–H groups in total. The third-order valence-corrected chi connectivity index (χ3v) is 3.53. The van der Waals surface area contributed by atoms with Crippen molar-refractivity contribution in [1.29, 1.82) is 0 Å². The largest absolute Gasteiger partial charge is 0.484 e. The summed E-state index contributed by atoms with van der Waals surface area (Å²) < 4.78 is 18.3. The molecule has 2 amide bonds. The summed E-state index contributed by atoms with van der Waals surface area (Å²) in [7, 11) is 0. The number of amides is 2. The van der Waals surface area contributed by atoms with Gasteiger partial charge >= 0.3 is 0 Å². The Balaban J connectivity index is 1.74. The molecular formula is C13H10ClFN2O3S. The first-order valence-electron chi connectivity index (χ1n) is 5.77. The summed E-state index contributed by atoms with van der Waals surface area (Å²) in [5, 5.41) is 0. The first-order chi connectivity index (χ1) is 10.0. The lowest BCUT2D eigenvalue weighted by molar-refractivity contribution is -0.123. The highest BCUT2D eigenvalue weighted by atomic mass is 35.5. The van der Waals surface area contributed by atoms with E-state index in [4.69, 9.17) is 16.3 Å². The number of benzene rings is 1. The summed E-state index contributed by atoms with van der Waals surface area (Å²) in [6.45, 7) is -0.308. The van der Waals surface area contributed by atoms with Crippen molar-refractivity contribution in [3.63, 3.8) is 0 Å². The van der Waals surface area contributed by atoms with Crippen LogP contribution in [0.1, 0.15) is 9.67 Å². The van der Waals surface area contributed by atoms with Crippen LogP contribution >= 0.6 is 22.9 Å². The van der Waals surface area contributed by atoms with Crippen LogP contribution in [-0.4, -0.2) is 18.4 Å². The number of ether oxygens (including phenoxy) is 1. The second kappa shape index (κ2) is 7.05. The normalized spacial score (nSPS) is 10.0. The molecule has 0 aliphatic heterocycles. The highest BCUT2D eigenvalue weighted by molar-refractivity contribution is 7.17. The minimum absolute atomic E-state index is 0.308. The fraction of sp³-hybridized carbons (Fsp3) is 0.0769. The van der Waals surface area contributed by atoms with E-state index in [1.165, 1.54) is 24.3 Å². The molecule has 2 aromatic rings. The minimum Gasteiger partial charge on any atom is -0.484 e. The van der Waals surface area contributed by atoms with Gasteiger partial charge in [-0.15, -0.1) is 11.3 Å². The van der Waals surface area contributed by atoms with Crippen molar-refractivity contribution in [3.8, 4) is 5.75 Å². The zero-order chi connectivity index (χ0) is 15.2. The van der Waals surface area contributed by atoms with Gasteiger partial charge < -0.3 is 4.74 Å². The zero-order valence-corrected chi connectivity index (χ0v) is 12.1. The standard InChI is InChI=1S/C13H10ClFN2O3S/c14-11-6-5-10(21-11)13(19)17-16-12(18)7-20-9-3-1-8(15)2-4-9/h1-6H,7H2,(H,16,18)(H,17,19). The molecule has 0 spiro atoms. The van der Waals surface area contributed by atoms with Crippen molar-refractivity contribution < 1.29 is 18.7 Å². The Morgan fingerprint density at radius 1 is 1.14 bits per heavy atom. The van der Waals surface area contributed by atoms with Crippen LogP contribution in [0.3, 0.4) is 0 Å². The Morgan fingerprint density at radius 3 is 2.48 bits per heavy atom. The van der Waals surface area contributed by atoms with E-state index < -0.39 is 17.6 Å². The first kappa shape index (κ1) is 15.3. The molecule has 1 aromatic carbocycles. The van der Waals surface area contributed by atoms with Crippen molar-refractivity contribution in [2.24, 2.45) is 0 Å². The predicted molar refractivity (Wildman–Crippen MR) is 76.8 cm³/mol. The van der Waals surface area contributed by atoms with E-state index in [1.807, 2.05) is 0 Å². The average Bonchev–Trinajstić information content (AvgIpc) is 2.91. The predicted octanol–water partition coefficient (Wildman–Crippen LogP) is 2.38. The lowest BCUT2D eigenvalue weighted by Crippen LogP contribution is -2.43. The van der Waals surface area contributed by atoms with Gasteiger partial charge in [0.2, 0.25) is 0 Å². The van der Waals surface area contributed by atoms with Crippen LogP contribution in [0.5, 0.6) is 5.75 Å². The van der Waals surface area contributed by atoms with Gasteiger partial charge in [-0.1, -0.05) is 11.6 Å². The summed E-state index contributed by atoms with van der Waals surface area (Å²) in [4.78, 5) is 23.5. The molecule has 0 aliphatic rings. The van der Waals surface area contributed by atoms with Crippen LogP contribution in [0.4, 0.5) is 4.39 Å². The maximum absolute atomic E-state index is 12.7. The van der Waals surface area contributed by atoms with Gasteiger partial charge in [-0.05, 0) is 36.4 Å². The van der Waals surface area contributed by atoms with E-state index in [0.717, 1.165) is 11.3 Å². The van der Waals surface area contributed by atoms with Crippen LogP contribution in [0, 0.1) is 5.82 Å². The summed E-state index contributed by atoms with van der Waals surface area (Å²) in [6.07, 6.45) is 0. The quantitative estimate of drug-likeness (QED) is 0.847. The van der Waals surface area contributed by atoms with Gasteiger partial charge in [0, 0.05) is 0 Å². The molecule has 0 radical (unpaired) electrons. The van der Waals surface area contributed by atoms with Crippen LogP contribution in [0.15, 0.2) is 36.4 Å². The molecule has 0 saturated heterocycles. The number of rotatable bonds is 4. The molecule has 21 heavy (non-hydrogen) atoms. The molecule has 0 saturated carbocycles. The van der Waals surface area contributed by atoms with Crippen LogP contribution in [0.2, 0.25) is 4.34 Å². The Labute approximate surface area is 128 Å². The highest BCUT2D eigenvalue weighted by Crippen LogP contribution is 2.20. The smallest absolute Gasteiger partial charge is 0.279 e. The third-order valence-electron chi connectivity index (χ3n) is 2.30. The molecule has 110 valence electrons. The van der Waals surface area contributed by atoms with E-state index in [1.54, 1.807) is 12.1 Å². The molecule has 1 aromatic heterocycles. The van der Waals surface area contributed by atoms with Gasteiger partial charge in [-0.3, -0.25) is 20.4 Å². The third kappa shape index (κ3) is 4.73. The van der Waals surface area contributed by atoms with E-state index in [-0.39, 0.29) is 6.61 Å². The van der Waals surface area contributed by atoms with Crippen molar-refractivity contribution >= 4 is 34.8 Å². The molecular weight excluding hydrogens is 319 g/mol. The van der Waals surface area contributed by atoms with Crippen molar-refractivity contribution in [2.45, 2.75) is 0 Å². The van der Waals surface area contributed by atoms with E-state index in [9.17, 15) is 14.0 Å². The Kier molecular flexibility index (Phi) is 5.13. The van der Waals surface area contributed by atoms with Crippen LogP contribution in [-0.2, 0) is 4.79 Å². The van der Waals surface area contributed by atoms with Gasteiger partial charge in [-0.2, -0.15) is 0 Å². The molecule has 8 heteroatoms. The van der Waals surface area contributed by atoms with Gasteiger partial charge in [0.25, 0.3) is 11.8 Å². The van der Waals surface area contributed by atoms with Crippen LogP contribution < -0.4 is 15.6 Å². The van der Waals surface area contributed by atoms with Gasteiger partial charge in [0.15, 0.2) is 6.61 Å². The maximum Gasteiger partial charge on any atom is 0.279 e. The number of carbonyl (C=O) groups excluding carboxylic acids is 2. The molecule has 0 unspecified atom stereocenters. The number of halogens is 2. The summed E-state index contributed by atoms with van der Waals surface area (Å²) in [5.41, 5.74) is 4.43. The van der Waals surface area contributed by atoms with E-state index in [2.05, 4.69) is 10.9 Å². The van der Waals surface area contributed by atoms with Crippen molar-refractivity contribution in [1.82, 2.24) is 10.9 Å². The number of thiophene rings is 1. The number of nitrogens with one attached hydrogen (secondary N) is 2. The molecule has 2 rings (SSSR count). The number of carbonyl (C=O) groups is 2. The SMILES string of the molecule is O=C(COc1ccc(F)cc1)NNC(=O)c1ccc(Cl)s1. The average molecular weight is 329 g/mol. The summed E-state index contributed by atoms with van der Waals surface area (Å²) in [6, 6.07) is 8.36. The first-order valence-corrected chi connectivity index (χ1v) is 6.97. The number of hydrazine groups is 1. The topological polar surface area (TPSA) is 67.4 Å². The fourth-order valence-corrected chi connectivity index (χ4v) is 2.28. The number of hydrogen-bond acceptors (Lipinski definition) is 4. The van der Waals surface area contributed by atoms with Crippen molar-refractivity contribution in [2.75, 3.05) is 6.61 Å². The van der Waals surface area contributed by atoms with E-state index >= 15 is 0 Å². The molecule has 0 aliphatic carbocycles. The molecule has 0 atom stereocenters. The zero-order valence-electron chi connectivity index (χ0n) is 10.6. The summed E-state index contributed by atoms with van der Waals surface area (Å²) in [5.74, 6) is -1.06. The minimum atomic E-state index is -0.546. The fourth-order valence-electron chi connectivity index (χ4n) is 1.34. The monoisotopic (exact) mass is 328 g/mol. The van der Waals surface area contributed by atoms with Gasteiger partial charge in [-0.25, -0.2) is 4.39 Å². The lowest BCUT2D eigenvalue weighted by Gasteiger charge is -2.08. The molecule has 0 bridgehead atoms. The number of hydrogen-bond donors (Lipinski definition) is 2. The Hall–Kier alpha value is -2.12. The molecule has 5 nitrogen and oxygen atoms in total. The summed E-state index contributed by atoms with van der Waals surface area (Å²) >= 11 is 6.79. The van der Waals surface area contributed by atoms with E-state index in [0.29, 0.717) is 15.0 Å². The van der Waals surface area contributed by atoms with Crippen LogP contribution in [0.25, 0.3) is 0 Å². The maximum atomic E-state index is 12.7. The second-order valence-corrected chi connectivity index (χ2v) is 5.56. The highest BCUT2D eigenvalue weighted by Gasteiger charge is 2.10. The molecule has 1 heterocycles. The van der Waals surface area contributed by atoms with Gasteiger partial charge in [0.05, 0.1) is 9.21 Å². The molecule has 0 fully saturated rings. The van der Waals surface area contributed by atoms with Crippen molar-refractivity contribution in [3.05, 3.63) is 51.4 Å². The Morgan fingerprint density at radius 2 is 1.86 bits per heavy atom. The Bertz CT molecular complexity index is 645. The lowest BCUT2D eigenvalue weighted by atomic mass is 10.3. The second-order valence-electron chi connectivity index (χ2n) is 3.85.